The van der Waals surface area contributed by atoms with E-state index < -0.39 is 39.9 Å². The van der Waals surface area contributed by atoms with E-state index in [-0.39, 0.29) is 36.0 Å². The lowest BCUT2D eigenvalue weighted by Gasteiger charge is -2.37. The van der Waals surface area contributed by atoms with Crippen molar-refractivity contribution in [2.75, 3.05) is 4.90 Å². The number of benzene rings is 4. The van der Waals surface area contributed by atoms with E-state index >= 15 is 0 Å². The highest BCUT2D eigenvalue weighted by Crippen LogP contribution is 2.61. The fourth-order valence-corrected chi connectivity index (χ4v) is 7.11. The van der Waals surface area contributed by atoms with E-state index in [1.165, 1.54) is 36.4 Å². The molecular weight excluding hydrogens is 551 g/mol. The molecule has 2 saturated heterocycles. The zero-order valence-corrected chi connectivity index (χ0v) is 22.7. The number of amides is 2. The summed E-state index contributed by atoms with van der Waals surface area (Å²) >= 11 is 0. The van der Waals surface area contributed by atoms with E-state index in [2.05, 4.69) is 5.43 Å². The molecule has 3 aliphatic heterocycles. The molecule has 3 aliphatic rings. The standard InChI is InChI=1S/C33H25FN4O5/c34-23-14-10-21(11-15-23)29-27-18-28(39)35-37(27)33(30(29)31(40)22-12-16-24(17-13-22)38(42)43)25-8-4-5-9-26(25)36(32(33)41)19-20-6-2-1-3-7-20/h1-17,27,29-30H,18-19H2,(H,35,39)/t27-,29-,30-,33+/m0/s1. The molecule has 214 valence electrons. The van der Waals surface area contributed by atoms with Gasteiger partial charge < -0.3 is 4.90 Å². The molecule has 4 aromatic rings. The number of non-ortho nitro benzene ring substituents is 1. The summed E-state index contributed by atoms with van der Waals surface area (Å²) in [6.45, 7) is 0.241. The zero-order chi connectivity index (χ0) is 29.9. The summed E-state index contributed by atoms with van der Waals surface area (Å²) in [5, 5.41) is 13.0. The van der Waals surface area contributed by atoms with Gasteiger partial charge in [-0.2, -0.15) is 5.01 Å². The van der Waals surface area contributed by atoms with Gasteiger partial charge in [-0.05, 0) is 41.5 Å². The van der Waals surface area contributed by atoms with Crippen LogP contribution in [-0.4, -0.2) is 33.6 Å². The van der Waals surface area contributed by atoms with E-state index in [4.69, 9.17) is 0 Å². The first-order valence-electron chi connectivity index (χ1n) is 13.9. The molecule has 43 heavy (non-hydrogen) atoms. The number of nitrogens with one attached hydrogen (secondary N) is 1. The molecule has 2 fully saturated rings. The van der Waals surface area contributed by atoms with Gasteiger partial charge in [0.05, 0.1) is 17.4 Å². The normalized spacial score (nSPS) is 24.2. The molecule has 0 radical (unpaired) electrons. The Morgan fingerprint density at radius 1 is 0.930 bits per heavy atom. The van der Waals surface area contributed by atoms with Crippen molar-refractivity contribution >= 4 is 29.0 Å². The second kappa shape index (κ2) is 9.95. The first-order chi connectivity index (χ1) is 20.8. The highest BCUT2D eigenvalue weighted by Gasteiger charge is 2.72. The number of nitro groups is 1. The Morgan fingerprint density at radius 3 is 2.30 bits per heavy atom. The van der Waals surface area contributed by atoms with Crippen molar-refractivity contribution in [2.24, 2.45) is 5.92 Å². The quantitative estimate of drug-likeness (QED) is 0.199. The second-order valence-electron chi connectivity index (χ2n) is 11.1. The first-order valence-corrected chi connectivity index (χ1v) is 13.9. The van der Waals surface area contributed by atoms with Crippen LogP contribution in [0.5, 0.6) is 0 Å². The minimum absolute atomic E-state index is 0.0297. The Kier molecular flexibility index (Phi) is 6.17. The molecule has 1 spiro atoms. The minimum atomic E-state index is -1.62. The molecule has 0 saturated carbocycles. The summed E-state index contributed by atoms with van der Waals surface area (Å²) in [6.07, 6.45) is 0.0297. The Morgan fingerprint density at radius 2 is 1.60 bits per heavy atom. The highest BCUT2D eigenvalue weighted by atomic mass is 19.1. The third kappa shape index (κ3) is 3.98. The van der Waals surface area contributed by atoms with Gasteiger partial charge in [-0.1, -0.05) is 60.7 Å². The number of carbonyl (C=O) groups excluding carboxylic acids is 3. The lowest BCUT2D eigenvalue weighted by atomic mass is 9.69. The molecule has 1 N–H and O–H groups in total. The van der Waals surface area contributed by atoms with Gasteiger partial charge in [-0.3, -0.25) is 29.9 Å². The monoisotopic (exact) mass is 576 g/mol. The Bertz CT molecular complexity index is 1780. The third-order valence-corrected chi connectivity index (χ3v) is 8.84. The Labute approximate surface area is 245 Å². The summed E-state index contributed by atoms with van der Waals surface area (Å²) in [5.41, 5.74) is 4.00. The molecule has 0 bridgehead atoms. The molecule has 9 nitrogen and oxygen atoms in total. The van der Waals surface area contributed by atoms with Crippen LogP contribution in [0, 0.1) is 21.8 Å². The van der Waals surface area contributed by atoms with E-state index in [0.717, 1.165) is 5.56 Å². The lowest BCUT2D eigenvalue weighted by Crippen LogP contribution is -2.58. The van der Waals surface area contributed by atoms with Gasteiger partial charge >= 0.3 is 0 Å². The van der Waals surface area contributed by atoms with Gasteiger partial charge in [0.15, 0.2) is 11.3 Å². The topological polar surface area (TPSA) is 113 Å². The molecule has 3 heterocycles. The number of Topliss-reactive ketones (excluding diaryl/α,β-unsaturated/α-hetero) is 1. The van der Waals surface area contributed by atoms with Crippen molar-refractivity contribution < 1.29 is 23.7 Å². The predicted octanol–water partition coefficient (Wildman–Crippen LogP) is 4.88. The van der Waals surface area contributed by atoms with Crippen LogP contribution in [-0.2, 0) is 21.7 Å². The first kappa shape index (κ1) is 26.7. The molecular formula is C33H25FN4O5. The third-order valence-electron chi connectivity index (χ3n) is 8.84. The van der Waals surface area contributed by atoms with Gasteiger partial charge in [0.2, 0.25) is 5.91 Å². The largest absolute Gasteiger partial charge is 0.306 e. The number of rotatable bonds is 6. The molecule has 10 heteroatoms. The molecule has 0 unspecified atom stereocenters. The van der Waals surface area contributed by atoms with Crippen molar-refractivity contribution in [3.8, 4) is 0 Å². The molecule has 4 atom stereocenters. The van der Waals surface area contributed by atoms with Crippen LogP contribution >= 0.6 is 0 Å². The summed E-state index contributed by atoms with van der Waals surface area (Å²) in [5.74, 6) is -3.25. The Hall–Kier alpha value is -5.22. The van der Waals surface area contributed by atoms with Crippen LogP contribution in [0.4, 0.5) is 15.8 Å². The number of para-hydroxylation sites is 1. The van der Waals surface area contributed by atoms with Gasteiger partial charge in [0.25, 0.3) is 11.6 Å². The van der Waals surface area contributed by atoms with Gasteiger partial charge in [0.1, 0.15) is 5.82 Å². The van der Waals surface area contributed by atoms with Crippen molar-refractivity contribution in [3.05, 3.63) is 141 Å². The van der Waals surface area contributed by atoms with Crippen molar-refractivity contribution in [1.82, 2.24) is 10.4 Å². The maximum atomic E-state index is 15.0. The smallest absolute Gasteiger partial charge is 0.269 e. The summed E-state index contributed by atoms with van der Waals surface area (Å²) in [6, 6.07) is 27.2. The molecule has 4 aromatic carbocycles. The van der Waals surface area contributed by atoms with E-state index in [9.17, 15) is 28.9 Å². The number of carbonyl (C=O) groups is 3. The SMILES string of the molecule is O=C1C[C@H]2[C@H](c3ccc(F)cc3)[C@@H](C(=O)c3ccc([N+](=O)[O-])cc3)[C@]3(C(=O)N(Cc4ccccc4)c4ccccc43)N2N1. The zero-order valence-electron chi connectivity index (χ0n) is 22.7. The lowest BCUT2D eigenvalue weighted by molar-refractivity contribution is -0.384. The summed E-state index contributed by atoms with van der Waals surface area (Å²) in [4.78, 5) is 55.1. The number of hydrazine groups is 1. The van der Waals surface area contributed by atoms with E-state index in [1.54, 1.807) is 28.1 Å². The molecule has 0 aliphatic carbocycles. The number of hydrogen-bond donors (Lipinski definition) is 1. The van der Waals surface area contributed by atoms with Crippen molar-refractivity contribution in [1.29, 1.82) is 0 Å². The van der Waals surface area contributed by atoms with Crippen molar-refractivity contribution in [2.45, 2.75) is 30.5 Å². The second-order valence-corrected chi connectivity index (χ2v) is 11.1. The van der Waals surface area contributed by atoms with Crippen LogP contribution in [0.2, 0.25) is 0 Å². The maximum Gasteiger partial charge on any atom is 0.269 e. The minimum Gasteiger partial charge on any atom is -0.306 e. The van der Waals surface area contributed by atoms with Gasteiger partial charge in [-0.25, -0.2) is 4.39 Å². The van der Waals surface area contributed by atoms with Crippen LogP contribution in [0.15, 0.2) is 103 Å². The average Bonchev–Trinajstić information content (AvgIpc) is 3.61. The summed E-state index contributed by atoms with van der Waals surface area (Å²) in [7, 11) is 0. The average molecular weight is 577 g/mol. The fourth-order valence-electron chi connectivity index (χ4n) is 7.11. The predicted molar refractivity (Wildman–Crippen MR) is 154 cm³/mol. The number of ketones is 1. The number of nitro benzene ring substituents is 1. The molecule has 7 rings (SSSR count). The number of nitrogens with zero attached hydrogens (tertiary/aromatic N) is 3. The Balaban J connectivity index is 1.46. The molecule has 2 amide bonds. The van der Waals surface area contributed by atoms with Crippen molar-refractivity contribution in [3.63, 3.8) is 0 Å². The van der Waals surface area contributed by atoms with Crippen LogP contribution in [0.3, 0.4) is 0 Å². The van der Waals surface area contributed by atoms with Crippen LogP contribution in [0.25, 0.3) is 0 Å². The number of hydrogen-bond acceptors (Lipinski definition) is 6. The number of anilines is 1. The van der Waals surface area contributed by atoms with Gasteiger partial charge in [-0.15, -0.1) is 0 Å². The van der Waals surface area contributed by atoms with Gasteiger partial charge in [0, 0.05) is 47.3 Å². The number of fused-ring (bicyclic) bond motifs is 4. The van der Waals surface area contributed by atoms with E-state index in [0.29, 0.717) is 16.8 Å². The fraction of sp³-hybridized carbons (Fsp3) is 0.182. The highest BCUT2D eigenvalue weighted by molar-refractivity contribution is 6.14. The van der Waals surface area contributed by atoms with E-state index in [1.807, 2.05) is 48.5 Å². The molecule has 0 aromatic heterocycles. The number of halogens is 1. The maximum absolute atomic E-state index is 15.0. The summed E-state index contributed by atoms with van der Waals surface area (Å²) < 4.78 is 14.1. The van der Waals surface area contributed by atoms with Crippen LogP contribution in [0.1, 0.15) is 39.4 Å². The van der Waals surface area contributed by atoms with Crippen LogP contribution < -0.4 is 10.3 Å².